The van der Waals surface area contributed by atoms with Gasteiger partial charge < -0.3 is 14.2 Å². The van der Waals surface area contributed by atoms with Gasteiger partial charge in [-0.15, -0.1) is 0 Å². The minimum absolute atomic E-state index is 0.152. The molecule has 0 aromatic heterocycles. The van der Waals surface area contributed by atoms with E-state index in [0.29, 0.717) is 17.2 Å². The maximum absolute atomic E-state index is 10.4. The second-order valence-corrected chi connectivity index (χ2v) is 3.08. The van der Waals surface area contributed by atoms with E-state index in [9.17, 15) is 4.79 Å². The molecule has 0 fully saturated rings. The lowest BCUT2D eigenvalue weighted by atomic mass is 10.3. The first-order valence-corrected chi connectivity index (χ1v) is 4.34. The summed E-state index contributed by atoms with van der Waals surface area (Å²) in [5.74, 6) is 1.82. The quantitative estimate of drug-likeness (QED) is 0.717. The third kappa shape index (κ3) is 1.90. The third-order valence-corrected chi connectivity index (χ3v) is 1.81. The summed E-state index contributed by atoms with van der Waals surface area (Å²) in [5, 5.41) is -0.539. The lowest BCUT2D eigenvalue weighted by molar-refractivity contribution is -0.113. The van der Waals surface area contributed by atoms with Gasteiger partial charge in [-0.25, -0.2) is 0 Å². The molecule has 74 valence electrons. The molecule has 0 atom stereocenters. The van der Waals surface area contributed by atoms with Crippen LogP contribution in [0.3, 0.4) is 0 Å². The van der Waals surface area contributed by atoms with Crippen molar-refractivity contribution in [3.8, 4) is 17.2 Å². The van der Waals surface area contributed by atoms with Crippen molar-refractivity contribution in [3.05, 3.63) is 18.2 Å². The van der Waals surface area contributed by atoms with E-state index < -0.39 is 5.24 Å². The fraction of sp³-hybridized carbons (Fsp3) is 0.222. The first kappa shape index (κ1) is 9.15. The SMILES string of the molecule is O=C(Cl)COc1ccc2c(c1)OCO2. The Bertz CT molecular complexity index is 364. The van der Waals surface area contributed by atoms with Crippen LogP contribution >= 0.6 is 11.6 Å². The Kier molecular flexibility index (Phi) is 2.45. The second kappa shape index (κ2) is 3.75. The van der Waals surface area contributed by atoms with Gasteiger partial charge in [0.05, 0.1) is 0 Å². The number of carbonyl (C=O) groups excluding carboxylic acids is 1. The fourth-order valence-corrected chi connectivity index (χ4v) is 1.16. The Morgan fingerprint density at radius 2 is 2.21 bits per heavy atom. The summed E-state index contributed by atoms with van der Waals surface area (Å²) in [5.41, 5.74) is 0. The van der Waals surface area contributed by atoms with Gasteiger partial charge in [0.15, 0.2) is 18.1 Å². The van der Waals surface area contributed by atoms with Crippen LogP contribution in [0, 0.1) is 0 Å². The molecule has 0 N–H and O–H groups in total. The molecule has 1 aliphatic rings. The van der Waals surface area contributed by atoms with Crippen LogP contribution in [0.15, 0.2) is 18.2 Å². The molecule has 14 heavy (non-hydrogen) atoms. The Labute approximate surface area is 85.3 Å². The van der Waals surface area contributed by atoms with Gasteiger partial charge in [-0.3, -0.25) is 4.79 Å². The van der Waals surface area contributed by atoms with Gasteiger partial charge in [0.1, 0.15) is 5.75 Å². The van der Waals surface area contributed by atoms with E-state index in [-0.39, 0.29) is 13.4 Å². The van der Waals surface area contributed by atoms with Crippen molar-refractivity contribution in [2.24, 2.45) is 0 Å². The molecule has 0 spiro atoms. The number of hydrogen-bond donors (Lipinski definition) is 0. The maximum Gasteiger partial charge on any atom is 0.259 e. The highest BCUT2D eigenvalue weighted by molar-refractivity contribution is 6.63. The van der Waals surface area contributed by atoms with Gasteiger partial charge >= 0.3 is 0 Å². The van der Waals surface area contributed by atoms with Crippen molar-refractivity contribution in [1.82, 2.24) is 0 Å². The minimum atomic E-state index is -0.539. The number of halogens is 1. The van der Waals surface area contributed by atoms with E-state index in [2.05, 4.69) is 0 Å². The first-order chi connectivity index (χ1) is 6.75. The summed E-state index contributed by atoms with van der Waals surface area (Å²) in [6.07, 6.45) is 0. The molecule has 0 saturated carbocycles. The van der Waals surface area contributed by atoms with E-state index in [1.165, 1.54) is 0 Å². The standard InChI is InChI=1S/C9H7ClO4/c10-9(11)4-12-6-1-2-7-8(3-6)14-5-13-7/h1-3H,4-5H2. The molecule has 0 saturated heterocycles. The molecule has 0 radical (unpaired) electrons. The number of fused-ring (bicyclic) bond motifs is 1. The zero-order valence-electron chi connectivity index (χ0n) is 7.16. The number of ether oxygens (including phenoxy) is 3. The summed E-state index contributed by atoms with van der Waals surface area (Å²) in [4.78, 5) is 10.4. The summed E-state index contributed by atoms with van der Waals surface area (Å²) in [7, 11) is 0. The van der Waals surface area contributed by atoms with Gasteiger partial charge in [0.2, 0.25) is 6.79 Å². The predicted molar refractivity (Wildman–Crippen MR) is 48.9 cm³/mol. The summed E-state index contributed by atoms with van der Waals surface area (Å²) >= 11 is 5.13. The van der Waals surface area contributed by atoms with Crippen LogP contribution in [0.2, 0.25) is 0 Å². The maximum atomic E-state index is 10.4. The molecule has 5 heteroatoms. The summed E-state index contributed by atoms with van der Waals surface area (Å²) < 4.78 is 15.3. The van der Waals surface area contributed by atoms with Crippen molar-refractivity contribution >= 4 is 16.8 Å². The zero-order chi connectivity index (χ0) is 9.97. The van der Waals surface area contributed by atoms with E-state index in [4.69, 9.17) is 25.8 Å². The minimum Gasteiger partial charge on any atom is -0.484 e. The zero-order valence-corrected chi connectivity index (χ0v) is 7.91. The monoisotopic (exact) mass is 214 g/mol. The highest BCUT2D eigenvalue weighted by Gasteiger charge is 2.13. The van der Waals surface area contributed by atoms with Crippen LogP contribution < -0.4 is 14.2 Å². The third-order valence-electron chi connectivity index (χ3n) is 1.70. The molecule has 1 aromatic carbocycles. The Morgan fingerprint density at radius 1 is 1.43 bits per heavy atom. The van der Waals surface area contributed by atoms with Crippen molar-refractivity contribution in [1.29, 1.82) is 0 Å². The van der Waals surface area contributed by atoms with Crippen molar-refractivity contribution in [2.45, 2.75) is 0 Å². The molecule has 2 rings (SSSR count). The van der Waals surface area contributed by atoms with Gasteiger partial charge in [-0.2, -0.15) is 0 Å². The smallest absolute Gasteiger partial charge is 0.259 e. The number of hydrogen-bond acceptors (Lipinski definition) is 4. The van der Waals surface area contributed by atoms with Crippen LogP contribution in [-0.4, -0.2) is 18.6 Å². The Balaban J connectivity index is 2.09. The van der Waals surface area contributed by atoms with Crippen LogP contribution in [0.5, 0.6) is 17.2 Å². The highest BCUT2D eigenvalue weighted by Crippen LogP contribution is 2.34. The number of carbonyl (C=O) groups is 1. The van der Waals surface area contributed by atoms with Crippen LogP contribution in [-0.2, 0) is 4.79 Å². The van der Waals surface area contributed by atoms with E-state index in [1.807, 2.05) is 0 Å². The fourth-order valence-electron chi connectivity index (χ4n) is 1.11. The second-order valence-electron chi connectivity index (χ2n) is 2.66. The van der Waals surface area contributed by atoms with E-state index in [0.717, 1.165) is 0 Å². The van der Waals surface area contributed by atoms with Gasteiger partial charge in [-0.1, -0.05) is 0 Å². The lowest BCUT2D eigenvalue weighted by Crippen LogP contribution is -2.03. The molecule has 1 aliphatic heterocycles. The molecule has 1 heterocycles. The van der Waals surface area contributed by atoms with Gasteiger partial charge in [0.25, 0.3) is 5.24 Å². The molecule has 0 bridgehead atoms. The van der Waals surface area contributed by atoms with Crippen molar-refractivity contribution in [3.63, 3.8) is 0 Å². The lowest BCUT2D eigenvalue weighted by Gasteiger charge is -2.03. The average molecular weight is 215 g/mol. The van der Waals surface area contributed by atoms with Crippen LogP contribution in [0.4, 0.5) is 0 Å². The molecule has 1 aromatic rings. The van der Waals surface area contributed by atoms with Crippen molar-refractivity contribution in [2.75, 3.05) is 13.4 Å². The number of benzene rings is 1. The predicted octanol–water partition coefficient (Wildman–Crippen LogP) is 1.56. The van der Waals surface area contributed by atoms with Gasteiger partial charge in [-0.05, 0) is 23.7 Å². The topological polar surface area (TPSA) is 44.8 Å². The Hall–Kier alpha value is -1.42. The van der Waals surface area contributed by atoms with Crippen molar-refractivity contribution < 1.29 is 19.0 Å². The molecular formula is C9H7ClO4. The Morgan fingerprint density at radius 3 is 3.00 bits per heavy atom. The number of rotatable bonds is 3. The molecule has 0 amide bonds. The largest absolute Gasteiger partial charge is 0.484 e. The highest BCUT2D eigenvalue weighted by atomic mass is 35.5. The molecule has 0 unspecified atom stereocenters. The van der Waals surface area contributed by atoms with Crippen LogP contribution in [0.25, 0.3) is 0 Å². The van der Waals surface area contributed by atoms with Crippen LogP contribution in [0.1, 0.15) is 0 Å². The molecule has 4 nitrogen and oxygen atoms in total. The summed E-state index contributed by atoms with van der Waals surface area (Å²) in [6, 6.07) is 5.06. The molecule has 0 aliphatic carbocycles. The summed E-state index contributed by atoms with van der Waals surface area (Å²) in [6.45, 7) is 0.0639. The molecular weight excluding hydrogens is 208 g/mol. The van der Waals surface area contributed by atoms with E-state index >= 15 is 0 Å². The first-order valence-electron chi connectivity index (χ1n) is 3.96. The van der Waals surface area contributed by atoms with E-state index in [1.54, 1.807) is 18.2 Å². The average Bonchev–Trinajstić information content (AvgIpc) is 2.61. The van der Waals surface area contributed by atoms with Gasteiger partial charge in [0, 0.05) is 6.07 Å². The normalized spacial score (nSPS) is 12.6.